The van der Waals surface area contributed by atoms with E-state index >= 15 is 0 Å². The molecule has 94 valence electrons. The normalized spacial score (nSPS) is 12.5. The Hall–Kier alpha value is -1.09. The smallest absolute Gasteiger partial charge is 0.126 e. The van der Waals surface area contributed by atoms with Gasteiger partial charge in [0.05, 0.1) is 0 Å². The molecular weight excluding hydrogens is 274 g/mol. The summed E-state index contributed by atoms with van der Waals surface area (Å²) < 4.78 is 13.2. The van der Waals surface area contributed by atoms with Gasteiger partial charge in [-0.05, 0) is 42.3 Å². The summed E-state index contributed by atoms with van der Waals surface area (Å²) in [5, 5.41) is 11.2. The Labute approximate surface area is 115 Å². The van der Waals surface area contributed by atoms with E-state index in [1.807, 2.05) is 0 Å². The van der Waals surface area contributed by atoms with Gasteiger partial charge in [-0.25, -0.2) is 4.39 Å². The van der Waals surface area contributed by atoms with Gasteiger partial charge in [0.15, 0.2) is 0 Å². The van der Waals surface area contributed by atoms with Crippen molar-refractivity contribution >= 4 is 23.2 Å². The van der Waals surface area contributed by atoms with Crippen molar-refractivity contribution in [2.24, 2.45) is 0 Å². The van der Waals surface area contributed by atoms with Crippen molar-refractivity contribution < 1.29 is 9.50 Å². The molecule has 0 aliphatic carbocycles. The molecule has 0 bridgehead atoms. The number of aryl methyl sites for hydroxylation is 1. The highest BCUT2D eigenvalue weighted by atomic mass is 35.5. The van der Waals surface area contributed by atoms with Crippen LogP contribution >= 0.6 is 23.2 Å². The Balaban J connectivity index is 2.44. The van der Waals surface area contributed by atoms with E-state index in [1.54, 1.807) is 31.2 Å². The van der Waals surface area contributed by atoms with Crippen LogP contribution in [-0.4, -0.2) is 5.11 Å². The monoisotopic (exact) mass is 284 g/mol. The first-order chi connectivity index (χ1) is 8.49. The summed E-state index contributed by atoms with van der Waals surface area (Å²) in [6, 6.07) is 9.33. The van der Waals surface area contributed by atoms with E-state index in [-0.39, 0.29) is 5.82 Å². The van der Waals surface area contributed by atoms with Crippen LogP contribution in [0.5, 0.6) is 0 Å². The topological polar surface area (TPSA) is 20.2 Å². The second kappa shape index (κ2) is 5.27. The van der Waals surface area contributed by atoms with E-state index in [4.69, 9.17) is 23.2 Å². The number of halogens is 3. The first-order valence-electron chi connectivity index (χ1n) is 5.38. The van der Waals surface area contributed by atoms with Crippen LogP contribution in [0.1, 0.15) is 22.8 Å². The molecule has 1 unspecified atom stereocenters. The standard InChI is InChI=1S/C14H11Cl2FO/c1-8-6-9(2-5-13(8)17)14(18)11-7-10(15)3-4-12(11)16/h2-7,14,18H,1H3. The molecular formula is C14H11Cl2FO. The zero-order valence-electron chi connectivity index (χ0n) is 9.62. The van der Waals surface area contributed by atoms with E-state index < -0.39 is 6.10 Å². The molecule has 0 saturated heterocycles. The van der Waals surface area contributed by atoms with E-state index in [2.05, 4.69) is 0 Å². The molecule has 18 heavy (non-hydrogen) atoms. The zero-order valence-corrected chi connectivity index (χ0v) is 11.1. The summed E-state index contributed by atoms with van der Waals surface area (Å²) in [7, 11) is 0. The van der Waals surface area contributed by atoms with Crippen molar-refractivity contribution in [3.63, 3.8) is 0 Å². The van der Waals surface area contributed by atoms with Gasteiger partial charge in [0.1, 0.15) is 11.9 Å². The SMILES string of the molecule is Cc1cc(C(O)c2cc(Cl)ccc2Cl)ccc1F. The molecule has 0 aromatic heterocycles. The predicted octanol–water partition coefficient (Wildman–Crippen LogP) is 4.52. The van der Waals surface area contributed by atoms with Gasteiger partial charge in [-0.3, -0.25) is 0 Å². The average molecular weight is 285 g/mol. The second-order valence-corrected chi connectivity index (χ2v) is 4.92. The Morgan fingerprint density at radius 2 is 1.83 bits per heavy atom. The number of rotatable bonds is 2. The minimum absolute atomic E-state index is 0.303. The average Bonchev–Trinajstić information content (AvgIpc) is 2.35. The van der Waals surface area contributed by atoms with Crippen molar-refractivity contribution in [2.45, 2.75) is 13.0 Å². The minimum atomic E-state index is -0.921. The molecule has 2 rings (SSSR count). The molecule has 1 atom stereocenters. The maximum Gasteiger partial charge on any atom is 0.126 e. The number of benzene rings is 2. The molecule has 4 heteroatoms. The van der Waals surface area contributed by atoms with Crippen LogP contribution in [0.2, 0.25) is 10.0 Å². The van der Waals surface area contributed by atoms with E-state index in [0.29, 0.717) is 26.7 Å². The number of aliphatic hydroxyl groups is 1. The molecule has 0 aliphatic rings. The summed E-state index contributed by atoms with van der Waals surface area (Å²) in [4.78, 5) is 0. The summed E-state index contributed by atoms with van der Waals surface area (Å²) >= 11 is 11.9. The van der Waals surface area contributed by atoms with Crippen LogP contribution in [0.4, 0.5) is 4.39 Å². The first-order valence-corrected chi connectivity index (χ1v) is 6.13. The fourth-order valence-corrected chi connectivity index (χ4v) is 2.14. The highest BCUT2D eigenvalue weighted by Crippen LogP contribution is 2.31. The van der Waals surface area contributed by atoms with Gasteiger partial charge in [-0.15, -0.1) is 0 Å². The lowest BCUT2D eigenvalue weighted by Crippen LogP contribution is -2.01. The maximum atomic E-state index is 13.2. The lowest BCUT2D eigenvalue weighted by molar-refractivity contribution is 0.220. The molecule has 0 aliphatic heterocycles. The molecule has 0 fully saturated rings. The molecule has 2 aromatic rings. The number of hydrogen-bond donors (Lipinski definition) is 1. The molecule has 0 spiro atoms. The lowest BCUT2D eigenvalue weighted by atomic mass is 10.00. The van der Waals surface area contributed by atoms with Gasteiger partial charge >= 0.3 is 0 Å². The van der Waals surface area contributed by atoms with Crippen molar-refractivity contribution in [1.29, 1.82) is 0 Å². The van der Waals surface area contributed by atoms with Gasteiger partial charge in [0, 0.05) is 15.6 Å². The molecule has 0 radical (unpaired) electrons. The van der Waals surface area contributed by atoms with Crippen LogP contribution < -0.4 is 0 Å². The van der Waals surface area contributed by atoms with Gasteiger partial charge in [0.25, 0.3) is 0 Å². The number of aliphatic hydroxyl groups excluding tert-OH is 1. The van der Waals surface area contributed by atoms with Gasteiger partial charge < -0.3 is 5.11 Å². The van der Waals surface area contributed by atoms with Crippen molar-refractivity contribution in [1.82, 2.24) is 0 Å². The Kier molecular flexibility index (Phi) is 3.91. The molecule has 1 N–H and O–H groups in total. The first kappa shape index (κ1) is 13.3. The molecule has 0 saturated carbocycles. The van der Waals surface area contributed by atoms with Crippen LogP contribution in [0.25, 0.3) is 0 Å². The van der Waals surface area contributed by atoms with Gasteiger partial charge in [0.2, 0.25) is 0 Å². The minimum Gasteiger partial charge on any atom is -0.384 e. The highest BCUT2D eigenvalue weighted by molar-refractivity contribution is 6.33. The molecule has 0 amide bonds. The van der Waals surface area contributed by atoms with E-state index in [0.717, 1.165) is 0 Å². The third-order valence-electron chi connectivity index (χ3n) is 2.75. The predicted molar refractivity (Wildman–Crippen MR) is 71.7 cm³/mol. The fraction of sp³-hybridized carbons (Fsp3) is 0.143. The largest absolute Gasteiger partial charge is 0.384 e. The third-order valence-corrected chi connectivity index (χ3v) is 3.33. The third kappa shape index (κ3) is 2.66. The molecule has 1 nitrogen and oxygen atoms in total. The van der Waals surface area contributed by atoms with Crippen LogP contribution in [0.15, 0.2) is 36.4 Å². The molecule has 0 heterocycles. The number of hydrogen-bond acceptors (Lipinski definition) is 1. The Bertz CT molecular complexity index is 584. The maximum absolute atomic E-state index is 13.2. The second-order valence-electron chi connectivity index (χ2n) is 4.08. The molecule has 2 aromatic carbocycles. The highest BCUT2D eigenvalue weighted by Gasteiger charge is 2.15. The summed E-state index contributed by atoms with van der Waals surface area (Å²) in [6.07, 6.45) is -0.921. The van der Waals surface area contributed by atoms with Crippen molar-refractivity contribution in [3.8, 4) is 0 Å². The van der Waals surface area contributed by atoms with Crippen LogP contribution in [0, 0.1) is 12.7 Å². The van der Waals surface area contributed by atoms with E-state index in [9.17, 15) is 9.50 Å². The fourth-order valence-electron chi connectivity index (χ4n) is 1.74. The lowest BCUT2D eigenvalue weighted by Gasteiger charge is -2.14. The summed E-state index contributed by atoms with van der Waals surface area (Å²) in [5.41, 5.74) is 1.57. The Morgan fingerprint density at radius 1 is 1.11 bits per heavy atom. The Morgan fingerprint density at radius 3 is 2.50 bits per heavy atom. The van der Waals surface area contributed by atoms with Gasteiger partial charge in [-0.1, -0.05) is 35.3 Å². The van der Waals surface area contributed by atoms with Gasteiger partial charge in [-0.2, -0.15) is 0 Å². The zero-order chi connectivity index (χ0) is 13.3. The van der Waals surface area contributed by atoms with Crippen LogP contribution in [0.3, 0.4) is 0 Å². The van der Waals surface area contributed by atoms with Crippen molar-refractivity contribution in [3.05, 3.63) is 69.0 Å². The summed E-state index contributed by atoms with van der Waals surface area (Å²) in [5.74, 6) is -0.303. The summed E-state index contributed by atoms with van der Waals surface area (Å²) in [6.45, 7) is 1.64. The van der Waals surface area contributed by atoms with E-state index in [1.165, 1.54) is 12.1 Å². The van der Waals surface area contributed by atoms with Crippen molar-refractivity contribution in [2.75, 3.05) is 0 Å². The quantitative estimate of drug-likeness (QED) is 0.860. The van der Waals surface area contributed by atoms with Crippen LogP contribution in [-0.2, 0) is 0 Å².